The molecule has 2 N–H and O–H groups in total. The monoisotopic (exact) mass is 320 g/mol. The van der Waals surface area contributed by atoms with Gasteiger partial charge in [-0.15, -0.1) is 0 Å². The summed E-state index contributed by atoms with van der Waals surface area (Å²) in [6.07, 6.45) is 2.03. The standard InChI is InChI=1S/C17H24N2O4/c1-23-12-15(10-13-6-3-2-4-7-13)18-17(22)19-9-5-8-14(11-19)16(20)21/h2-4,6-7,14-15H,5,8-12H2,1H3,(H,18,22)(H,20,21). The molecule has 1 fully saturated rings. The van der Waals surface area contributed by atoms with Crippen LogP contribution < -0.4 is 5.32 Å². The molecule has 2 unspecified atom stereocenters. The second kappa shape index (κ2) is 8.53. The maximum atomic E-state index is 12.4. The number of carbonyl (C=O) groups is 2. The van der Waals surface area contributed by atoms with E-state index in [2.05, 4.69) is 5.32 Å². The van der Waals surface area contributed by atoms with E-state index in [-0.39, 0.29) is 18.6 Å². The Morgan fingerprint density at radius 1 is 1.39 bits per heavy atom. The van der Waals surface area contributed by atoms with Crippen molar-refractivity contribution in [1.82, 2.24) is 10.2 Å². The van der Waals surface area contributed by atoms with Gasteiger partial charge in [-0.3, -0.25) is 4.79 Å². The number of carbonyl (C=O) groups excluding carboxylic acids is 1. The molecule has 0 aliphatic carbocycles. The molecule has 23 heavy (non-hydrogen) atoms. The van der Waals surface area contributed by atoms with E-state index in [0.29, 0.717) is 26.0 Å². The van der Waals surface area contributed by atoms with Gasteiger partial charge in [0.25, 0.3) is 0 Å². The summed E-state index contributed by atoms with van der Waals surface area (Å²) in [7, 11) is 1.60. The number of hydrogen-bond donors (Lipinski definition) is 2. The van der Waals surface area contributed by atoms with Crippen molar-refractivity contribution >= 4 is 12.0 Å². The molecule has 1 aliphatic rings. The molecule has 0 bridgehead atoms. The average molecular weight is 320 g/mol. The second-order valence-electron chi connectivity index (χ2n) is 5.91. The molecular weight excluding hydrogens is 296 g/mol. The van der Waals surface area contributed by atoms with Crippen molar-refractivity contribution in [3.8, 4) is 0 Å². The fourth-order valence-electron chi connectivity index (χ4n) is 2.88. The number of nitrogens with zero attached hydrogens (tertiary/aromatic N) is 1. The van der Waals surface area contributed by atoms with Crippen LogP contribution in [-0.4, -0.2) is 54.9 Å². The lowest BCUT2D eigenvalue weighted by molar-refractivity contribution is -0.143. The maximum Gasteiger partial charge on any atom is 0.317 e. The lowest BCUT2D eigenvalue weighted by Crippen LogP contribution is -2.51. The number of rotatable bonds is 6. The first-order chi connectivity index (χ1) is 11.1. The van der Waals surface area contributed by atoms with Crippen molar-refractivity contribution in [2.45, 2.75) is 25.3 Å². The largest absolute Gasteiger partial charge is 0.481 e. The molecule has 6 heteroatoms. The highest BCUT2D eigenvalue weighted by atomic mass is 16.5. The summed E-state index contributed by atoms with van der Waals surface area (Å²) in [6.45, 7) is 1.28. The first-order valence-electron chi connectivity index (χ1n) is 7.91. The second-order valence-corrected chi connectivity index (χ2v) is 5.91. The highest BCUT2D eigenvalue weighted by molar-refractivity contribution is 5.76. The zero-order valence-corrected chi connectivity index (χ0v) is 13.4. The molecule has 126 valence electrons. The SMILES string of the molecule is COCC(Cc1ccccc1)NC(=O)N1CCCC(C(=O)O)C1. The molecule has 1 heterocycles. The number of nitrogens with one attached hydrogen (secondary N) is 1. The molecule has 1 aromatic rings. The quantitative estimate of drug-likeness (QED) is 0.837. The third-order valence-corrected chi connectivity index (χ3v) is 4.08. The van der Waals surface area contributed by atoms with Gasteiger partial charge in [-0.05, 0) is 24.8 Å². The van der Waals surface area contributed by atoms with Crippen LogP contribution in [0.1, 0.15) is 18.4 Å². The number of carboxylic acid groups (broad SMARTS) is 1. The number of amides is 2. The molecule has 2 atom stereocenters. The summed E-state index contributed by atoms with van der Waals surface area (Å²) in [6, 6.07) is 9.54. The Kier molecular flexibility index (Phi) is 6.40. The molecule has 1 saturated heterocycles. The summed E-state index contributed by atoms with van der Waals surface area (Å²) >= 11 is 0. The Hall–Kier alpha value is -2.08. The number of likely N-dealkylation sites (tertiary alicyclic amines) is 1. The smallest absolute Gasteiger partial charge is 0.317 e. The highest BCUT2D eigenvalue weighted by Crippen LogP contribution is 2.17. The zero-order valence-electron chi connectivity index (χ0n) is 13.4. The maximum absolute atomic E-state index is 12.4. The molecule has 0 radical (unpaired) electrons. The minimum absolute atomic E-state index is 0.139. The normalized spacial score (nSPS) is 19.2. The highest BCUT2D eigenvalue weighted by Gasteiger charge is 2.29. The summed E-state index contributed by atoms with van der Waals surface area (Å²) in [4.78, 5) is 25.1. The number of hydrogen-bond acceptors (Lipinski definition) is 3. The van der Waals surface area contributed by atoms with Crippen LogP contribution in [0.15, 0.2) is 30.3 Å². The molecule has 0 aromatic heterocycles. The first-order valence-corrected chi connectivity index (χ1v) is 7.91. The van der Waals surface area contributed by atoms with E-state index in [4.69, 9.17) is 9.84 Å². The number of carboxylic acids is 1. The van der Waals surface area contributed by atoms with Gasteiger partial charge in [0, 0.05) is 20.2 Å². The van der Waals surface area contributed by atoms with Gasteiger partial charge in [-0.2, -0.15) is 0 Å². The van der Waals surface area contributed by atoms with Crippen LogP contribution in [-0.2, 0) is 16.0 Å². The number of benzene rings is 1. The van der Waals surface area contributed by atoms with E-state index < -0.39 is 11.9 Å². The van der Waals surface area contributed by atoms with Crippen LogP contribution in [0.4, 0.5) is 4.79 Å². The Bertz CT molecular complexity index is 521. The van der Waals surface area contributed by atoms with E-state index in [1.807, 2.05) is 30.3 Å². The van der Waals surface area contributed by atoms with Crippen molar-refractivity contribution in [1.29, 1.82) is 0 Å². The Labute approximate surface area is 136 Å². The van der Waals surface area contributed by atoms with Crippen molar-refractivity contribution < 1.29 is 19.4 Å². The van der Waals surface area contributed by atoms with Gasteiger partial charge in [0.2, 0.25) is 0 Å². The van der Waals surface area contributed by atoms with Crippen LogP contribution in [0.25, 0.3) is 0 Å². The van der Waals surface area contributed by atoms with E-state index in [0.717, 1.165) is 12.0 Å². The molecule has 1 aromatic carbocycles. The third-order valence-electron chi connectivity index (χ3n) is 4.08. The van der Waals surface area contributed by atoms with E-state index in [1.165, 1.54) is 0 Å². The number of piperidine rings is 1. The van der Waals surface area contributed by atoms with E-state index >= 15 is 0 Å². The first kappa shape index (κ1) is 17.3. The van der Waals surface area contributed by atoms with Crippen LogP contribution in [0.5, 0.6) is 0 Å². The van der Waals surface area contributed by atoms with E-state index in [1.54, 1.807) is 12.0 Å². The van der Waals surface area contributed by atoms with Crippen LogP contribution in [0.3, 0.4) is 0 Å². The van der Waals surface area contributed by atoms with Crippen molar-refractivity contribution in [2.75, 3.05) is 26.8 Å². The van der Waals surface area contributed by atoms with Crippen LogP contribution in [0.2, 0.25) is 0 Å². The zero-order chi connectivity index (χ0) is 16.7. The molecule has 2 rings (SSSR count). The predicted molar refractivity (Wildman–Crippen MR) is 86.3 cm³/mol. The molecule has 6 nitrogen and oxygen atoms in total. The average Bonchev–Trinajstić information content (AvgIpc) is 2.56. The lowest BCUT2D eigenvalue weighted by Gasteiger charge is -2.32. The molecule has 0 spiro atoms. The summed E-state index contributed by atoms with van der Waals surface area (Å²) in [5.41, 5.74) is 1.12. The van der Waals surface area contributed by atoms with E-state index in [9.17, 15) is 9.59 Å². The van der Waals surface area contributed by atoms with Gasteiger partial charge in [-0.25, -0.2) is 4.79 Å². The van der Waals surface area contributed by atoms with Crippen molar-refractivity contribution in [3.63, 3.8) is 0 Å². The topological polar surface area (TPSA) is 78.9 Å². The molecule has 2 amide bonds. The minimum Gasteiger partial charge on any atom is -0.481 e. The summed E-state index contributed by atoms with van der Waals surface area (Å²) in [5, 5.41) is 12.1. The van der Waals surface area contributed by atoms with Gasteiger partial charge in [0.05, 0.1) is 18.6 Å². The van der Waals surface area contributed by atoms with Crippen molar-refractivity contribution in [2.24, 2.45) is 5.92 Å². The van der Waals surface area contributed by atoms with Crippen LogP contribution in [0, 0.1) is 5.92 Å². The molecule has 1 aliphatic heterocycles. The number of methoxy groups -OCH3 is 1. The lowest BCUT2D eigenvalue weighted by atomic mass is 9.98. The Morgan fingerprint density at radius 2 is 2.13 bits per heavy atom. The summed E-state index contributed by atoms with van der Waals surface area (Å²) < 4.78 is 5.20. The molecule has 0 saturated carbocycles. The minimum atomic E-state index is -0.833. The Balaban J connectivity index is 1.93. The Morgan fingerprint density at radius 3 is 2.78 bits per heavy atom. The number of aliphatic carboxylic acids is 1. The fraction of sp³-hybridized carbons (Fsp3) is 0.529. The van der Waals surface area contributed by atoms with Gasteiger partial charge in [0.1, 0.15) is 0 Å². The fourth-order valence-corrected chi connectivity index (χ4v) is 2.88. The van der Waals surface area contributed by atoms with Crippen molar-refractivity contribution in [3.05, 3.63) is 35.9 Å². The van der Waals surface area contributed by atoms with Gasteiger partial charge in [-0.1, -0.05) is 30.3 Å². The number of urea groups is 1. The van der Waals surface area contributed by atoms with Gasteiger partial charge in [0.15, 0.2) is 0 Å². The van der Waals surface area contributed by atoms with Crippen LogP contribution >= 0.6 is 0 Å². The summed E-state index contributed by atoms with van der Waals surface area (Å²) in [5.74, 6) is -1.30. The third kappa shape index (κ3) is 5.25. The van der Waals surface area contributed by atoms with Gasteiger partial charge < -0.3 is 20.1 Å². The predicted octanol–water partition coefficient (Wildman–Crippen LogP) is 1.75. The number of ether oxygens (including phenoxy) is 1. The molecular formula is C17H24N2O4. The van der Waals surface area contributed by atoms with Gasteiger partial charge >= 0.3 is 12.0 Å².